The van der Waals surface area contributed by atoms with Gasteiger partial charge in [0.25, 0.3) is 0 Å². The molecule has 0 amide bonds. The van der Waals surface area contributed by atoms with Crippen LogP contribution in [0.2, 0.25) is 0 Å². The van der Waals surface area contributed by atoms with Crippen molar-refractivity contribution in [3.8, 4) is 0 Å². The van der Waals surface area contributed by atoms with Crippen LogP contribution in [0.25, 0.3) is 35.2 Å². The van der Waals surface area contributed by atoms with E-state index in [4.69, 9.17) is 5.11 Å². The van der Waals surface area contributed by atoms with E-state index in [1.807, 2.05) is 24.3 Å². The monoisotopic (exact) mass is 486 g/mol. The summed E-state index contributed by atoms with van der Waals surface area (Å²) in [5.74, 6) is -2.16. The summed E-state index contributed by atoms with van der Waals surface area (Å²) in [7, 11) is 0. The maximum atomic E-state index is 13.6. The van der Waals surface area contributed by atoms with Crippen molar-refractivity contribution in [1.29, 1.82) is 0 Å². The first kappa shape index (κ1) is 22.9. The van der Waals surface area contributed by atoms with E-state index in [1.54, 1.807) is 18.3 Å². The summed E-state index contributed by atoms with van der Waals surface area (Å²) in [6, 6.07) is 13.9. The summed E-state index contributed by atoms with van der Waals surface area (Å²) < 4.78 is 27.0. The molecule has 0 radical (unpaired) electrons. The van der Waals surface area contributed by atoms with Crippen molar-refractivity contribution in [3.63, 3.8) is 0 Å². The lowest BCUT2D eigenvalue weighted by Gasteiger charge is -2.11. The lowest BCUT2D eigenvalue weighted by Crippen LogP contribution is -2.00. The highest BCUT2D eigenvalue weighted by Crippen LogP contribution is 2.32. The van der Waals surface area contributed by atoms with Crippen LogP contribution in [-0.4, -0.2) is 26.8 Å². The zero-order chi connectivity index (χ0) is 24.4. The highest BCUT2D eigenvalue weighted by atomic mass is 32.2. The Hall–Kier alpha value is -3.84. The molecule has 7 heteroatoms. The first-order valence-electron chi connectivity index (χ1n) is 11.0. The zero-order valence-corrected chi connectivity index (χ0v) is 19.4. The van der Waals surface area contributed by atoms with E-state index in [1.165, 1.54) is 11.8 Å². The Morgan fingerprint density at radius 2 is 1.83 bits per heavy atom. The SMILES string of the molecule is O=C(O)CCSc1nccc2c1Cc1cc(C=Cc3ccc4cc(F)c(F)cc4n3)ccc1C=C2. The largest absolute Gasteiger partial charge is 0.481 e. The van der Waals surface area contributed by atoms with Crippen molar-refractivity contribution in [2.75, 3.05) is 5.75 Å². The van der Waals surface area contributed by atoms with Gasteiger partial charge in [-0.25, -0.2) is 18.7 Å². The number of hydrogen-bond donors (Lipinski definition) is 1. The third kappa shape index (κ3) is 5.15. The number of aromatic nitrogens is 2. The molecule has 0 fully saturated rings. The molecule has 35 heavy (non-hydrogen) atoms. The van der Waals surface area contributed by atoms with Gasteiger partial charge in [0.1, 0.15) is 5.03 Å². The minimum Gasteiger partial charge on any atom is -0.481 e. The zero-order valence-electron chi connectivity index (χ0n) is 18.5. The van der Waals surface area contributed by atoms with E-state index in [9.17, 15) is 13.6 Å². The first-order chi connectivity index (χ1) is 17.0. The van der Waals surface area contributed by atoms with Crippen LogP contribution in [0.1, 0.15) is 39.9 Å². The molecule has 0 spiro atoms. The molecule has 1 aliphatic rings. The minimum absolute atomic E-state index is 0.0851. The number of hydrogen-bond acceptors (Lipinski definition) is 4. The van der Waals surface area contributed by atoms with Gasteiger partial charge in [-0.15, -0.1) is 11.8 Å². The molecule has 1 aliphatic carbocycles. The van der Waals surface area contributed by atoms with Crippen LogP contribution in [0, 0.1) is 11.6 Å². The van der Waals surface area contributed by atoms with E-state index >= 15 is 0 Å². The van der Waals surface area contributed by atoms with E-state index in [0.29, 0.717) is 28.8 Å². The van der Waals surface area contributed by atoms with Crippen LogP contribution in [0.3, 0.4) is 0 Å². The molecule has 0 unspecified atom stereocenters. The number of carboxylic acids is 1. The Bertz CT molecular complexity index is 1510. The number of carbonyl (C=O) groups is 1. The summed E-state index contributed by atoms with van der Waals surface area (Å²) in [5, 5.41) is 10.4. The molecule has 2 aromatic carbocycles. The van der Waals surface area contributed by atoms with Crippen molar-refractivity contribution in [1.82, 2.24) is 9.97 Å². The first-order valence-corrected chi connectivity index (χ1v) is 12.0. The van der Waals surface area contributed by atoms with Gasteiger partial charge in [-0.3, -0.25) is 4.79 Å². The highest BCUT2D eigenvalue weighted by molar-refractivity contribution is 7.99. The lowest BCUT2D eigenvalue weighted by molar-refractivity contribution is -0.136. The van der Waals surface area contributed by atoms with Gasteiger partial charge in [0.15, 0.2) is 11.6 Å². The molecule has 0 saturated carbocycles. The predicted molar refractivity (Wildman–Crippen MR) is 136 cm³/mol. The number of pyridine rings is 2. The Balaban J connectivity index is 1.41. The number of fused-ring (bicyclic) bond motifs is 3. The summed E-state index contributed by atoms with van der Waals surface area (Å²) in [6.07, 6.45) is 10.5. The van der Waals surface area contributed by atoms with Crippen LogP contribution in [0.5, 0.6) is 0 Å². The number of aliphatic carboxylic acids is 1. The fourth-order valence-corrected chi connectivity index (χ4v) is 4.97. The smallest absolute Gasteiger partial charge is 0.304 e. The third-order valence-corrected chi connectivity index (χ3v) is 6.82. The predicted octanol–water partition coefficient (Wildman–Crippen LogP) is 6.72. The summed E-state index contributed by atoms with van der Waals surface area (Å²) >= 11 is 1.46. The van der Waals surface area contributed by atoms with Crippen LogP contribution in [-0.2, 0) is 11.2 Å². The van der Waals surface area contributed by atoms with Crippen molar-refractivity contribution < 1.29 is 18.7 Å². The Morgan fingerprint density at radius 1 is 1.00 bits per heavy atom. The minimum atomic E-state index is -0.916. The van der Waals surface area contributed by atoms with Gasteiger partial charge < -0.3 is 5.11 Å². The summed E-state index contributed by atoms with van der Waals surface area (Å²) in [6.45, 7) is 0. The molecule has 0 atom stereocenters. The molecule has 0 saturated heterocycles. The van der Waals surface area contributed by atoms with Crippen molar-refractivity contribution >= 4 is 52.9 Å². The number of nitrogens with zero attached hydrogens (tertiary/aromatic N) is 2. The number of halogens is 2. The van der Waals surface area contributed by atoms with Crippen LogP contribution < -0.4 is 0 Å². The average molecular weight is 487 g/mol. The van der Waals surface area contributed by atoms with Gasteiger partial charge >= 0.3 is 5.97 Å². The summed E-state index contributed by atoms with van der Waals surface area (Å²) in [4.78, 5) is 19.8. The average Bonchev–Trinajstić information content (AvgIpc) is 3.03. The van der Waals surface area contributed by atoms with Gasteiger partial charge in [0.2, 0.25) is 0 Å². The molecule has 5 rings (SSSR count). The fraction of sp³-hybridized carbons (Fsp3) is 0.107. The fourth-order valence-electron chi connectivity index (χ4n) is 4.00. The molecule has 0 aliphatic heterocycles. The maximum absolute atomic E-state index is 13.6. The second kappa shape index (κ2) is 9.80. The normalized spacial score (nSPS) is 12.5. The molecule has 1 N–H and O–H groups in total. The molecule has 4 aromatic rings. The third-order valence-electron chi connectivity index (χ3n) is 5.78. The Kier molecular flexibility index (Phi) is 6.42. The van der Waals surface area contributed by atoms with Gasteiger partial charge in [0.05, 0.1) is 17.6 Å². The van der Waals surface area contributed by atoms with Crippen LogP contribution >= 0.6 is 11.8 Å². The topological polar surface area (TPSA) is 63.1 Å². The van der Waals surface area contributed by atoms with Crippen LogP contribution in [0.4, 0.5) is 8.78 Å². The maximum Gasteiger partial charge on any atom is 0.304 e. The quantitative estimate of drug-likeness (QED) is 0.270. The van der Waals surface area contributed by atoms with Gasteiger partial charge in [-0.2, -0.15) is 0 Å². The van der Waals surface area contributed by atoms with E-state index in [0.717, 1.165) is 45.0 Å². The van der Waals surface area contributed by atoms with Gasteiger partial charge in [0, 0.05) is 29.8 Å². The molecule has 4 nitrogen and oxygen atoms in total. The van der Waals surface area contributed by atoms with Crippen molar-refractivity contribution in [2.45, 2.75) is 17.9 Å². The van der Waals surface area contributed by atoms with Gasteiger partial charge in [-0.05, 0) is 52.1 Å². The van der Waals surface area contributed by atoms with Gasteiger partial charge in [-0.1, -0.05) is 42.5 Å². The number of thioether (sulfide) groups is 1. The molecular formula is C28H20F2N2O2S. The van der Waals surface area contributed by atoms with Crippen molar-refractivity contribution in [2.24, 2.45) is 0 Å². The molecule has 174 valence electrons. The Morgan fingerprint density at radius 3 is 2.69 bits per heavy atom. The number of benzene rings is 2. The molecule has 0 bridgehead atoms. The van der Waals surface area contributed by atoms with E-state index in [2.05, 4.69) is 34.3 Å². The van der Waals surface area contributed by atoms with Crippen molar-refractivity contribution in [3.05, 3.63) is 99.9 Å². The number of rotatable bonds is 6. The standard InChI is InChI=1S/C28H20F2N2O2S/c29-24-15-20-6-8-22(32-26(20)16-25(24)30)7-2-17-1-3-18-4-5-19-9-11-31-28(35-12-10-27(33)34)23(19)14-21(18)13-17/h1-9,11,13,15-16H,10,12,14H2,(H,33,34). The molecule has 2 heterocycles. The Labute approximate surface area is 205 Å². The highest BCUT2D eigenvalue weighted by Gasteiger charge is 2.15. The van der Waals surface area contributed by atoms with E-state index < -0.39 is 17.6 Å². The lowest BCUT2D eigenvalue weighted by atomic mass is 9.98. The van der Waals surface area contributed by atoms with E-state index in [-0.39, 0.29) is 6.42 Å². The second-order valence-electron chi connectivity index (χ2n) is 8.17. The number of carboxylic acid groups (broad SMARTS) is 1. The van der Waals surface area contributed by atoms with Crippen LogP contribution in [0.15, 0.2) is 59.8 Å². The molecular weight excluding hydrogens is 466 g/mol. The second-order valence-corrected chi connectivity index (χ2v) is 9.26. The molecule has 2 aromatic heterocycles. The summed E-state index contributed by atoms with van der Waals surface area (Å²) in [5.41, 5.74) is 6.44.